The number of aromatic nitrogens is 1. The molecule has 0 aliphatic carbocycles. The molecular formula is C15H18N2OS. The van der Waals surface area contributed by atoms with E-state index in [1.807, 2.05) is 0 Å². The zero-order valence-corrected chi connectivity index (χ0v) is 12.2. The number of hydrogen-bond acceptors (Lipinski definition) is 3. The zero-order valence-electron chi connectivity index (χ0n) is 11.4. The Hall–Kier alpha value is -1.68. The average molecular weight is 274 g/mol. The highest BCUT2D eigenvalue weighted by Crippen LogP contribution is 2.34. The van der Waals surface area contributed by atoms with Gasteiger partial charge in [0, 0.05) is 16.0 Å². The quantitative estimate of drug-likeness (QED) is 0.903. The van der Waals surface area contributed by atoms with E-state index >= 15 is 0 Å². The summed E-state index contributed by atoms with van der Waals surface area (Å²) in [5.41, 5.74) is 9.50. The fraction of sp³-hybridized carbons (Fsp3) is 0.267. The molecule has 2 rings (SSSR count). The third-order valence-corrected chi connectivity index (χ3v) is 4.11. The number of H-pyrrole nitrogens is 1. The molecule has 2 aromatic rings. The van der Waals surface area contributed by atoms with E-state index in [9.17, 15) is 4.79 Å². The van der Waals surface area contributed by atoms with E-state index in [0.29, 0.717) is 5.69 Å². The van der Waals surface area contributed by atoms with Crippen molar-refractivity contribution >= 4 is 17.4 Å². The van der Waals surface area contributed by atoms with Crippen molar-refractivity contribution in [3.63, 3.8) is 0 Å². The molecule has 0 saturated heterocycles. The number of aromatic amines is 1. The molecule has 0 aliphatic heterocycles. The van der Waals surface area contributed by atoms with Gasteiger partial charge < -0.3 is 10.7 Å². The molecule has 1 aromatic carbocycles. The van der Waals surface area contributed by atoms with E-state index in [-0.39, 0.29) is 5.56 Å². The Labute approximate surface area is 117 Å². The molecule has 4 heteroatoms. The van der Waals surface area contributed by atoms with Crippen LogP contribution in [0, 0.1) is 13.8 Å². The second kappa shape index (κ2) is 5.53. The smallest absolute Gasteiger partial charge is 0.272 e. The number of anilines is 1. The van der Waals surface area contributed by atoms with Gasteiger partial charge in [0.15, 0.2) is 0 Å². The van der Waals surface area contributed by atoms with Gasteiger partial charge in [-0.05, 0) is 49.1 Å². The highest BCUT2D eigenvalue weighted by atomic mass is 32.2. The van der Waals surface area contributed by atoms with Crippen molar-refractivity contribution in [2.24, 2.45) is 0 Å². The van der Waals surface area contributed by atoms with Crippen molar-refractivity contribution in [2.75, 3.05) is 5.73 Å². The van der Waals surface area contributed by atoms with Crippen LogP contribution in [0.25, 0.3) is 0 Å². The van der Waals surface area contributed by atoms with Gasteiger partial charge in [-0.25, -0.2) is 0 Å². The maximum absolute atomic E-state index is 11.6. The van der Waals surface area contributed by atoms with Crippen LogP contribution in [0.15, 0.2) is 39.0 Å². The van der Waals surface area contributed by atoms with Crippen LogP contribution in [0.2, 0.25) is 0 Å². The SMILES string of the molecule is CCc1c[nH]c(=O)c(N)c1Sc1cc(C)cc(C)c1. The molecule has 0 fully saturated rings. The lowest BCUT2D eigenvalue weighted by molar-refractivity contribution is 1.03. The largest absolute Gasteiger partial charge is 0.393 e. The highest BCUT2D eigenvalue weighted by molar-refractivity contribution is 7.99. The third-order valence-electron chi connectivity index (χ3n) is 2.95. The van der Waals surface area contributed by atoms with Crippen LogP contribution < -0.4 is 11.3 Å². The highest BCUT2D eigenvalue weighted by Gasteiger charge is 2.11. The lowest BCUT2D eigenvalue weighted by atomic mass is 10.2. The van der Waals surface area contributed by atoms with Crippen molar-refractivity contribution in [3.8, 4) is 0 Å². The van der Waals surface area contributed by atoms with Gasteiger partial charge in [-0.3, -0.25) is 4.79 Å². The summed E-state index contributed by atoms with van der Waals surface area (Å²) in [6, 6.07) is 6.35. The van der Waals surface area contributed by atoms with E-state index in [1.54, 1.807) is 18.0 Å². The van der Waals surface area contributed by atoms with Crippen LogP contribution >= 0.6 is 11.8 Å². The molecule has 3 nitrogen and oxygen atoms in total. The molecule has 1 heterocycles. The van der Waals surface area contributed by atoms with Crippen molar-refractivity contribution in [1.82, 2.24) is 4.98 Å². The summed E-state index contributed by atoms with van der Waals surface area (Å²) in [6.07, 6.45) is 2.60. The predicted molar refractivity (Wildman–Crippen MR) is 80.9 cm³/mol. The van der Waals surface area contributed by atoms with Gasteiger partial charge in [-0.2, -0.15) is 0 Å². The lowest BCUT2D eigenvalue weighted by Crippen LogP contribution is -2.13. The fourth-order valence-electron chi connectivity index (χ4n) is 2.06. The van der Waals surface area contributed by atoms with Crippen LogP contribution in [-0.2, 0) is 6.42 Å². The van der Waals surface area contributed by atoms with Crippen LogP contribution in [0.3, 0.4) is 0 Å². The molecule has 0 bridgehead atoms. The first-order valence-electron chi connectivity index (χ1n) is 6.27. The normalized spacial score (nSPS) is 10.7. The Morgan fingerprint density at radius 1 is 1.21 bits per heavy atom. The summed E-state index contributed by atoms with van der Waals surface area (Å²) in [5.74, 6) is 0. The minimum atomic E-state index is -0.218. The van der Waals surface area contributed by atoms with E-state index in [0.717, 1.165) is 21.8 Å². The van der Waals surface area contributed by atoms with Crippen LogP contribution in [-0.4, -0.2) is 4.98 Å². The van der Waals surface area contributed by atoms with Crippen molar-refractivity contribution in [2.45, 2.75) is 37.0 Å². The number of nitrogens with two attached hydrogens (primary N) is 1. The number of benzene rings is 1. The number of rotatable bonds is 3. The standard InChI is InChI=1S/C15H18N2OS/c1-4-11-8-17-15(18)13(16)14(11)19-12-6-9(2)5-10(3)7-12/h5-8H,4,16H2,1-3H3,(H,17,18). The van der Waals surface area contributed by atoms with Gasteiger partial charge in [0.05, 0.1) is 0 Å². The number of pyridine rings is 1. The Morgan fingerprint density at radius 3 is 2.42 bits per heavy atom. The lowest BCUT2D eigenvalue weighted by Gasteiger charge is -2.11. The Bertz CT molecular complexity index is 641. The Kier molecular flexibility index (Phi) is 4.00. The van der Waals surface area contributed by atoms with Crippen molar-refractivity contribution in [1.29, 1.82) is 0 Å². The third kappa shape index (κ3) is 3.01. The first-order valence-corrected chi connectivity index (χ1v) is 7.09. The maximum Gasteiger partial charge on any atom is 0.272 e. The molecule has 1 aromatic heterocycles. The van der Waals surface area contributed by atoms with Gasteiger partial charge in [0.25, 0.3) is 5.56 Å². The summed E-state index contributed by atoms with van der Waals surface area (Å²) in [4.78, 5) is 16.3. The van der Waals surface area contributed by atoms with E-state index < -0.39 is 0 Å². The van der Waals surface area contributed by atoms with E-state index in [1.165, 1.54) is 11.1 Å². The number of aryl methyl sites for hydroxylation is 3. The monoisotopic (exact) mass is 274 g/mol. The molecule has 0 radical (unpaired) electrons. The second-order valence-corrected chi connectivity index (χ2v) is 5.75. The minimum Gasteiger partial charge on any atom is -0.393 e. The van der Waals surface area contributed by atoms with Gasteiger partial charge in [0.1, 0.15) is 5.69 Å². The fourth-order valence-corrected chi connectivity index (χ4v) is 3.33. The summed E-state index contributed by atoms with van der Waals surface area (Å²) in [7, 11) is 0. The predicted octanol–water partition coefficient (Wildman–Crippen LogP) is 3.29. The van der Waals surface area contributed by atoms with Gasteiger partial charge in [-0.1, -0.05) is 24.8 Å². The first kappa shape index (κ1) is 13.7. The van der Waals surface area contributed by atoms with Crippen LogP contribution in [0.1, 0.15) is 23.6 Å². The summed E-state index contributed by atoms with van der Waals surface area (Å²) in [6.45, 7) is 6.19. The molecule has 3 N–H and O–H groups in total. The molecule has 0 amide bonds. The Balaban J connectivity index is 2.48. The van der Waals surface area contributed by atoms with E-state index in [4.69, 9.17) is 5.73 Å². The molecule has 0 unspecified atom stereocenters. The average Bonchev–Trinajstić information content (AvgIpc) is 2.34. The number of hydrogen-bond donors (Lipinski definition) is 2. The van der Waals surface area contributed by atoms with Gasteiger partial charge >= 0.3 is 0 Å². The first-order chi connectivity index (χ1) is 9.01. The Morgan fingerprint density at radius 2 is 1.84 bits per heavy atom. The maximum atomic E-state index is 11.6. The summed E-state index contributed by atoms with van der Waals surface area (Å²) < 4.78 is 0. The zero-order chi connectivity index (χ0) is 14.0. The molecule has 0 aliphatic rings. The van der Waals surface area contributed by atoms with Crippen LogP contribution in [0.5, 0.6) is 0 Å². The van der Waals surface area contributed by atoms with Crippen molar-refractivity contribution < 1.29 is 0 Å². The van der Waals surface area contributed by atoms with Crippen LogP contribution in [0.4, 0.5) is 5.69 Å². The molecule has 0 atom stereocenters. The topological polar surface area (TPSA) is 58.9 Å². The number of nitrogen functional groups attached to an aromatic ring is 1. The second-order valence-electron chi connectivity index (χ2n) is 4.66. The minimum absolute atomic E-state index is 0.218. The van der Waals surface area contributed by atoms with E-state index in [2.05, 4.69) is 44.0 Å². The van der Waals surface area contributed by atoms with Gasteiger partial charge in [-0.15, -0.1) is 0 Å². The molecule has 100 valence electrons. The molecule has 19 heavy (non-hydrogen) atoms. The number of nitrogens with one attached hydrogen (secondary N) is 1. The molecule has 0 saturated carbocycles. The summed E-state index contributed by atoms with van der Waals surface area (Å²) in [5, 5.41) is 0. The van der Waals surface area contributed by atoms with Crippen molar-refractivity contribution in [3.05, 3.63) is 51.4 Å². The molecule has 0 spiro atoms. The van der Waals surface area contributed by atoms with Gasteiger partial charge in [0.2, 0.25) is 0 Å². The molecular weight excluding hydrogens is 256 g/mol. The summed E-state index contributed by atoms with van der Waals surface area (Å²) >= 11 is 1.56.